The summed E-state index contributed by atoms with van der Waals surface area (Å²) in [5.74, 6) is 0. The van der Waals surface area contributed by atoms with Gasteiger partial charge in [0.15, 0.2) is 4.96 Å². The SMILES string of the molecule is CC(C)NCC1(Cc2cn3ccsc3n2)CC1. The lowest BCUT2D eigenvalue weighted by atomic mass is 10.0. The van der Waals surface area contributed by atoms with Gasteiger partial charge in [-0.25, -0.2) is 4.98 Å². The third-order valence-corrected chi connectivity index (χ3v) is 4.31. The minimum Gasteiger partial charge on any atom is -0.314 e. The summed E-state index contributed by atoms with van der Waals surface area (Å²) in [4.78, 5) is 5.80. The molecule has 4 heteroatoms. The number of hydrogen-bond acceptors (Lipinski definition) is 3. The second-order valence-electron chi connectivity index (χ2n) is 5.54. The standard InChI is InChI=1S/C13H19N3S/c1-10(2)14-9-13(3-4-13)7-11-8-16-5-6-17-12(16)15-11/h5-6,8,10,14H,3-4,7,9H2,1-2H3. The van der Waals surface area contributed by atoms with Gasteiger partial charge in [0.2, 0.25) is 0 Å². The van der Waals surface area contributed by atoms with Crippen molar-refractivity contribution in [2.75, 3.05) is 6.54 Å². The molecule has 92 valence electrons. The summed E-state index contributed by atoms with van der Waals surface area (Å²) < 4.78 is 2.13. The van der Waals surface area contributed by atoms with Crippen LogP contribution >= 0.6 is 11.3 Å². The van der Waals surface area contributed by atoms with Gasteiger partial charge < -0.3 is 5.32 Å². The Morgan fingerprint density at radius 3 is 3.00 bits per heavy atom. The highest BCUT2D eigenvalue weighted by Crippen LogP contribution is 2.47. The topological polar surface area (TPSA) is 29.3 Å². The van der Waals surface area contributed by atoms with Gasteiger partial charge in [-0.05, 0) is 24.7 Å². The van der Waals surface area contributed by atoms with Crippen LogP contribution in [0.2, 0.25) is 0 Å². The Morgan fingerprint density at radius 1 is 1.53 bits per heavy atom. The summed E-state index contributed by atoms with van der Waals surface area (Å²) >= 11 is 1.71. The third-order valence-electron chi connectivity index (χ3n) is 3.54. The molecule has 1 saturated carbocycles. The first-order chi connectivity index (χ1) is 8.17. The third kappa shape index (κ3) is 2.38. The average molecular weight is 249 g/mol. The summed E-state index contributed by atoms with van der Waals surface area (Å²) in [6, 6.07) is 0.581. The maximum Gasteiger partial charge on any atom is 0.193 e. The van der Waals surface area contributed by atoms with Crippen molar-refractivity contribution >= 4 is 16.3 Å². The quantitative estimate of drug-likeness (QED) is 0.883. The zero-order valence-electron chi connectivity index (χ0n) is 10.4. The summed E-state index contributed by atoms with van der Waals surface area (Å²) in [6.07, 6.45) is 8.08. The van der Waals surface area contributed by atoms with E-state index in [1.165, 1.54) is 18.5 Å². The van der Waals surface area contributed by atoms with Crippen molar-refractivity contribution in [1.82, 2.24) is 14.7 Å². The number of imidazole rings is 1. The van der Waals surface area contributed by atoms with Gasteiger partial charge in [0.1, 0.15) is 0 Å². The van der Waals surface area contributed by atoms with E-state index in [4.69, 9.17) is 0 Å². The van der Waals surface area contributed by atoms with Crippen LogP contribution in [0.3, 0.4) is 0 Å². The first-order valence-corrected chi connectivity index (χ1v) is 7.19. The zero-order chi connectivity index (χ0) is 11.9. The van der Waals surface area contributed by atoms with Crippen LogP contribution in [0.15, 0.2) is 17.8 Å². The second kappa shape index (κ2) is 4.10. The Hall–Kier alpha value is -0.870. The molecule has 3 nitrogen and oxygen atoms in total. The van der Waals surface area contributed by atoms with Gasteiger partial charge in [0, 0.05) is 30.4 Å². The number of nitrogens with zero attached hydrogens (tertiary/aromatic N) is 2. The van der Waals surface area contributed by atoms with E-state index in [1.54, 1.807) is 11.3 Å². The molecule has 0 amide bonds. The van der Waals surface area contributed by atoms with Gasteiger partial charge in [-0.3, -0.25) is 4.40 Å². The lowest BCUT2D eigenvalue weighted by Crippen LogP contribution is -2.31. The molecule has 0 saturated heterocycles. The summed E-state index contributed by atoms with van der Waals surface area (Å²) in [6.45, 7) is 5.56. The van der Waals surface area contributed by atoms with E-state index >= 15 is 0 Å². The molecular weight excluding hydrogens is 230 g/mol. The molecule has 1 aliphatic rings. The molecule has 2 aromatic heterocycles. The van der Waals surface area contributed by atoms with Gasteiger partial charge in [-0.2, -0.15) is 0 Å². The number of nitrogens with one attached hydrogen (secondary N) is 1. The van der Waals surface area contributed by atoms with Gasteiger partial charge in [0.25, 0.3) is 0 Å². The number of fused-ring (bicyclic) bond motifs is 1. The van der Waals surface area contributed by atoms with Crippen molar-refractivity contribution in [2.24, 2.45) is 5.41 Å². The number of rotatable bonds is 5. The normalized spacial score (nSPS) is 18.1. The first kappa shape index (κ1) is 11.2. The van der Waals surface area contributed by atoms with Crippen LogP contribution in [0.5, 0.6) is 0 Å². The highest BCUT2D eigenvalue weighted by atomic mass is 32.1. The maximum absolute atomic E-state index is 4.68. The molecule has 3 rings (SSSR count). The molecule has 0 radical (unpaired) electrons. The van der Waals surface area contributed by atoms with E-state index in [1.807, 2.05) is 0 Å². The van der Waals surface area contributed by atoms with Crippen molar-refractivity contribution in [2.45, 2.75) is 39.2 Å². The number of aromatic nitrogens is 2. The Labute approximate surface area is 106 Å². The van der Waals surface area contributed by atoms with Crippen LogP contribution in [0.1, 0.15) is 32.4 Å². The second-order valence-corrected chi connectivity index (χ2v) is 6.41. The highest BCUT2D eigenvalue weighted by molar-refractivity contribution is 7.15. The minimum atomic E-state index is 0.494. The van der Waals surface area contributed by atoms with Gasteiger partial charge in [-0.1, -0.05) is 13.8 Å². The van der Waals surface area contributed by atoms with E-state index in [2.05, 4.69) is 46.3 Å². The van der Waals surface area contributed by atoms with E-state index in [0.29, 0.717) is 11.5 Å². The highest BCUT2D eigenvalue weighted by Gasteiger charge is 2.42. The molecule has 1 N–H and O–H groups in total. The maximum atomic E-state index is 4.68. The fraction of sp³-hybridized carbons (Fsp3) is 0.615. The number of hydrogen-bond donors (Lipinski definition) is 1. The summed E-state index contributed by atoms with van der Waals surface area (Å²) in [7, 11) is 0. The Kier molecular flexibility index (Phi) is 2.71. The molecule has 0 aromatic carbocycles. The molecule has 2 heterocycles. The zero-order valence-corrected chi connectivity index (χ0v) is 11.3. The van der Waals surface area contributed by atoms with Crippen molar-refractivity contribution in [3.05, 3.63) is 23.5 Å². The van der Waals surface area contributed by atoms with Crippen molar-refractivity contribution < 1.29 is 0 Å². The molecule has 1 fully saturated rings. The molecule has 17 heavy (non-hydrogen) atoms. The van der Waals surface area contributed by atoms with Crippen LogP contribution in [0, 0.1) is 5.41 Å². The molecule has 0 atom stereocenters. The molecule has 0 aliphatic heterocycles. The molecule has 1 aliphatic carbocycles. The molecule has 0 bridgehead atoms. The average Bonchev–Trinajstić information content (AvgIpc) is 2.70. The van der Waals surface area contributed by atoms with Crippen LogP contribution in [-0.4, -0.2) is 22.0 Å². The van der Waals surface area contributed by atoms with E-state index in [0.717, 1.165) is 17.9 Å². The number of thiazole rings is 1. The fourth-order valence-corrected chi connectivity index (χ4v) is 2.98. The van der Waals surface area contributed by atoms with Crippen LogP contribution < -0.4 is 5.32 Å². The lowest BCUT2D eigenvalue weighted by molar-refractivity contribution is 0.427. The molecule has 2 aromatic rings. The Bertz CT molecular complexity index is 479. The fourth-order valence-electron chi connectivity index (χ4n) is 2.26. The Balaban J connectivity index is 1.68. The predicted octanol–water partition coefficient (Wildman–Crippen LogP) is 2.72. The van der Waals surface area contributed by atoms with Crippen molar-refractivity contribution in [3.63, 3.8) is 0 Å². The molecule has 0 spiro atoms. The largest absolute Gasteiger partial charge is 0.314 e. The lowest BCUT2D eigenvalue weighted by Gasteiger charge is -2.16. The van der Waals surface area contributed by atoms with E-state index in [9.17, 15) is 0 Å². The van der Waals surface area contributed by atoms with E-state index in [-0.39, 0.29) is 0 Å². The van der Waals surface area contributed by atoms with Crippen LogP contribution in [0.25, 0.3) is 4.96 Å². The van der Waals surface area contributed by atoms with E-state index < -0.39 is 0 Å². The van der Waals surface area contributed by atoms with Crippen LogP contribution in [-0.2, 0) is 6.42 Å². The van der Waals surface area contributed by atoms with Gasteiger partial charge >= 0.3 is 0 Å². The first-order valence-electron chi connectivity index (χ1n) is 6.31. The van der Waals surface area contributed by atoms with Crippen molar-refractivity contribution in [3.8, 4) is 0 Å². The monoisotopic (exact) mass is 249 g/mol. The van der Waals surface area contributed by atoms with Crippen molar-refractivity contribution in [1.29, 1.82) is 0 Å². The predicted molar refractivity (Wildman–Crippen MR) is 71.6 cm³/mol. The summed E-state index contributed by atoms with van der Waals surface area (Å²) in [5, 5.41) is 5.65. The smallest absolute Gasteiger partial charge is 0.193 e. The minimum absolute atomic E-state index is 0.494. The van der Waals surface area contributed by atoms with Gasteiger partial charge in [0.05, 0.1) is 5.69 Å². The van der Waals surface area contributed by atoms with Gasteiger partial charge in [-0.15, -0.1) is 11.3 Å². The Morgan fingerprint density at radius 2 is 2.35 bits per heavy atom. The van der Waals surface area contributed by atoms with Crippen LogP contribution in [0.4, 0.5) is 0 Å². The summed E-state index contributed by atoms with van der Waals surface area (Å²) in [5.41, 5.74) is 1.74. The molecule has 0 unspecified atom stereocenters. The molecular formula is C13H19N3S.